The van der Waals surface area contributed by atoms with Gasteiger partial charge in [0.15, 0.2) is 0 Å². The molecule has 0 aromatic carbocycles. The highest BCUT2D eigenvalue weighted by Gasteiger charge is 2.25. The Morgan fingerprint density at radius 2 is 2.12 bits per heavy atom. The van der Waals surface area contributed by atoms with Gasteiger partial charge in [0.25, 0.3) is 0 Å². The van der Waals surface area contributed by atoms with Crippen molar-refractivity contribution in [2.24, 2.45) is 17.6 Å². The Labute approximate surface area is 104 Å². The number of carbonyl (C=O) groups excluding carboxylic acids is 1. The fourth-order valence-electron chi connectivity index (χ4n) is 2.41. The molecule has 1 aliphatic rings. The quantitative estimate of drug-likeness (QED) is 0.762. The fraction of sp³-hybridized carbons (Fsp3) is 0.923. The third-order valence-electron chi connectivity index (χ3n) is 3.59. The molecule has 4 heteroatoms. The molecule has 1 atom stereocenters. The van der Waals surface area contributed by atoms with Crippen LogP contribution >= 0.6 is 0 Å². The van der Waals surface area contributed by atoms with E-state index in [0.717, 1.165) is 45.4 Å². The van der Waals surface area contributed by atoms with Gasteiger partial charge in [-0.1, -0.05) is 6.92 Å². The van der Waals surface area contributed by atoms with E-state index < -0.39 is 0 Å². The van der Waals surface area contributed by atoms with Gasteiger partial charge in [-0.3, -0.25) is 4.79 Å². The van der Waals surface area contributed by atoms with E-state index in [-0.39, 0.29) is 5.92 Å². The molecule has 1 saturated heterocycles. The molecule has 0 spiro atoms. The number of nitrogens with zero attached hydrogens (tertiary/aromatic N) is 1. The molecule has 0 aliphatic carbocycles. The Bertz CT molecular complexity index is 225. The molecule has 4 nitrogen and oxygen atoms in total. The van der Waals surface area contributed by atoms with Crippen LogP contribution in [0.15, 0.2) is 0 Å². The highest BCUT2D eigenvalue weighted by molar-refractivity contribution is 5.78. The second-order valence-corrected chi connectivity index (χ2v) is 5.06. The Morgan fingerprint density at radius 3 is 2.65 bits per heavy atom. The normalized spacial score (nSPS) is 19.4. The van der Waals surface area contributed by atoms with E-state index in [2.05, 4.69) is 0 Å². The molecule has 100 valence electrons. The van der Waals surface area contributed by atoms with Crippen LogP contribution in [0.2, 0.25) is 0 Å². The number of ether oxygens (including phenoxy) is 1. The number of amides is 1. The van der Waals surface area contributed by atoms with Crippen molar-refractivity contribution in [3.05, 3.63) is 0 Å². The Morgan fingerprint density at radius 1 is 1.47 bits per heavy atom. The molecule has 1 amide bonds. The largest absolute Gasteiger partial charge is 0.384 e. The highest BCUT2D eigenvalue weighted by atomic mass is 16.5. The smallest absolute Gasteiger partial charge is 0.225 e. The maximum atomic E-state index is 12.1. The van der Waals surface area contributed by atoms with E-state index in [9.17, 15) is 4.79 Å². The predicted molar refractivity (Wildman–Crippen MR) is 68.6 cm³/mol. The van der Waals surface area contributed by atoms with Gasteiger partial charge in [0.1, 0.15) is 0 Å². The first-order valence-corrected chi connectivity index (χ1v) is 6.66. The minimum atomic E-state index is 0.123. The van der Waals surface area contributed by atoms with E-state index in [1.54, 1.807) is 7.11 Å². The Balaban J connectivity index is 2.30. The van der Waals surface area contributed by atoms with Crippen molar-refractivity contribution in [2.45, 2.75) is 32.6 Å². The molecule has 1 fully saturated rings. The lowest BCUT2D eigenvalue weighted by atomic mass is 9.96. The summed E-state index contributed by atoms with van der Waals surface area (Å²) >= 11 is 0. The average molecular weight is 242 g/mol. The zero-order valence-corrected chi connectivity index (χ0v) is 11.2. The lowest BCUT2D eigenvalue weighted by Gasteiger charge is -2.33. The summed E-state index contributed by atoms with van der Waals surface area (Å²) in [4.78, 5) is 14.1. The van der Waals surface area contributed by atoms with Crippen molar-refractivity contribution in [1.82, 2.24) is 4.90 Å². The first-order chi connectivity index (χ1) is 8.19. The number of carbonyl (C=O) groups is 1. The predicted octanol–water partition coefficient (Wildman–Crippen LogP) is 1.25. The van der Waals surface area contributed by atoms with Crippen LogP contribution in [0.25, 0.3) is 0 Å². The molecular weight excluding hydrogens is 216 g/mol. The number of nitrogens with two attached hydrogens (primary N) is 1. The molecule has 2 N–H and O–H groups in total. The van der Waals surface area contributed by atoms with Gasteiger partial charge >= 0.3 is 0 Å². The minimum absolute atomic E-state index is 0.123. The SMILES string of the molecule is COCC1CCN(C(=O)C(C)CCCN)CC1. The average Bonchev–Trinajstić information content (AvgIpc) is 2.36. The maximum absolute atomic E-state index is 12.1. The van der Waals surface area contributed by atoms with Gasteiger partial charge in [-0.15, -0.1) is 0 Å². The van der Waals surface area contributed by atoms with E-state index in [1.165, 1.54) is 0 Å². The molecule has 1 aliphatic heterocycles. The summed E-state index contributed by atoms with van der Waals surface area (Å²) in [6.45, 7) is 5.29. The van der Waals surface area contributed by atoms with Crippen LogP contribution in [0.3, 0.4) is 0 Å². The lowest BCUT2D eigenvalue weighted by molar-refractivity contribution is -0.136. The van der Waals surface area contributed by atoms with Gasteiger partial charge in [-0.2, -0.15) is 0 Å². The van der Waals surface area contributed by atoms with Crippen molar-refractivity contribution < 1.29 is 9.53 Å². The van der Waals surface area contributed by atoms with E-state index in [4.69, 9.17) is 10.5 Å². The van der Waals surface area contributed by atoms with Gasteiger partial charge in [-0.05, 0) is 38.1 Å². The molecule has 0 bridgehead atoms. The van der Waals surface area contributed by atoms with Crippen LogP contribution in [-0.2, 0) is 9.53 Å². The number of hydrogen-bond donors (Lipinski definition) is 1. The second kappa shape index (κ2) is 7.67. The number of methoxy groups -OCH3 is 1. The standard InChI is InChI=1S/C13H26N2O2/c1-11(4-3-7-14)13(16)15-8-5-12(6-9-15)10-17-2/h11-12H,3-10,14H2,1-2H3. The van der Waals surface area contributed by atoms with Crippen LogP contribution < -0.4 is 5.73 Å². The summed E-state index contributed by atoms with van der Waals surface area (Å²) in [5.74, 6) is 1.05. The van der Waals surface area contributed by atoms with Crippen molar-refractivity contribution in [3.8, 4) is 0 Å². The molecule has 0 saturated carbocycles. The van der Waals surface area contributed by atoms with E-state index >= 15 is 0 Å². The van der Waals surface area contributed by atoms with Crippen LogP contribution in [0, 0.1) is 11.8 Å². The van der Waals surface area contributed by atoms with E-state index in [0.29, 0.717) is 18.4 Å². The molecule has 1 unspecified atom stereocenters. The van der Waals surface area contributed by atoms with Gasteiger partial charge < -0.3 is 15.4 Å². The first-order valence-electron chi connectivity index (χ1n) is 6.66. The summed E-state index contributed by atoms with van der Waals surface area (Å²) in [6.07, 6.45) is 3.99. The Hall–Kier alpha value is -0.610. The summed E-state index contributed by atoms with van der Waals surface area (Å²) in [6, 6.07) is 0. The van der Waals surface area contributed by atoms with Crippen molar-refractivity contribution in [1.29, 1.82) is 0 Å². The van der Waals surface area contributed by atoms with Gasteiger partial charge in [0.05, 0.1) is 0 Å². The molecule has 0 aromatic heterocycles. The van der Waals surface area contributed by atoms with Crippen LogP contribution in [0.1, 0.15) is 32.6 Å². The Kier molecular flexibility index (Phi) is 6.52. The first kappa shape index (κ1) is 14.5. The second-order valence-electron chi connectivity index (χ2n) is 5.06. The number of piperidine rings is 1. The summed E-state index contributed by atoms with van der Waals surface area (Å²) < 4.78 is 5.16. The summed E-state index contributed by atoms with van der Waals surface area (Å²) in [7, 11) is 1.74. The van der Waals surface area contributed by atoms with Gasteiger partial charge in [0.2, 0.25) is 5.91 Å². The number of likely N-dealkylation sites (tertiary alicyclic amines) is 1. The topological polar surface area (TPSA) is 55.6 Å². The number of hydrogen-bond acceptors (Lipinski definition) is 3. The molecular formula is C13H26N2O2. The van der Waals surface area contributed by atoms with Crippen LogP contribution in [-0.4, -0.2) is 44.2 Å². The summed E-state index contributed by atoms with van der Waals surface area (Å²) in [5.41, 5.74) is 5.47. The molecule has 17 heavy (non-hydrogen) atoms. The molecule has 1 rings (SSSR count). The summed E-state index contributed by atoms with van der Waals surface area (Å²) in [5, 5.41) is 0. The fourth-order valence-corrected chi connectivity index (χ4v) is 2.41. The van der Waals surface area contributed by atoms with Crippen molar-refractivity contribution in [2.75, 3.05) is 33.4 Å². The number of rotatable bonds is 6. The third kappa shape index (κ3) is 4.64. The minimum Gasteiger partial charge on any atom is -0.384 e. The van der Waals surface area contributed by atoms with Crippen molar-refractivity contribution in [3.63, 3.8) is 0 Å². The maximum Gasteiger partial charge on any atom is 0.225 e. The molecule has 0 aromatic rings. The lowest BCUT2D eigenvalue weighted by Crippen LogP contribution is -2.42. The third-order valence-corrected chi connectivity index (χ3v) is 3.59. The van der Waals surface area contributed by atoms with E-state index in [1.807, 2.05) is 11.8 Å². The van der Waals surface area contributed by atoms with Crippen LogP contribution in [0.5, 0.6) is 0 Å². The zero-order chi connectivity index (χ0) is 12.7. The van der Waals surface area contributed by atoms with Crippen molar-refractivity contribution >= 4 is 5.91 Å². The highest BCUT2D eigenvalue weighted by Crippen LogP contribution is 2.20. The van der Waals surface area contributed by atoms with Gasteiger partial charge in [-0.25, -0.2) is 0 Å². The molecule has 0 radical (unpaired) electrons. The van der Waals surface area contributed by atoms with Crippen LogP contribution in [0.4, 0.5) is 0 Å². The monoisotopic (exact) mass is 242 g/mol. The zero-order valence-electron chi connectivity index (χ0n) is 11.2. The molecule has 1 heterocycles. The van der Waals surface area contributed by atoms with Gasteiger partial charge in [0, 0.05) is 32.7 Å².